The highest BCUT2D eigenvalue weighted by atomic mass is 16.3. The number of phenolic OH excluding ortho intramolecular Hbond substituents is 1. The van der Waals surface area contributed by atoms with Crippen molar-refractivity contribution in [1.29, 1.82) is 0 Å². The summed E-state index contributed by atoms with van der Waals surface area (Å²) >= 11 is 0. The van der Waals surface area contributed by atoms with Crippen LogP contribution < -0.4 is 10.6 Å². The van der Waals surface area contributed by atoms with Gasteiger partial charge in [0.05, 0.1) is 5.69 Å². The van der Waals surface area contributed by atoms with E-state index in [1.807, 2.05) is 30.1 Å². The van der Waals surface area contributed by atoms with Gasteiger partial charge in [-0.1, -0.05) is 12.1 Å². The number of benzene rings is 1. The Kier molecular flexibility index (Phi) is 2.11. The van der Waals surface area contributed by atoms with Gasteiger partial charge >= 0.3 is 0 Å². The third-order valence-corrected chi connectivity index (χ3v) is 2.74. The Labute approximate surface area is 84.1 Å². The Hall–Kier alpha value is -1.22. The van der Waals surface area contributed by atoms with Gasteiger partial charge in [0.2, 0.25) is 0 Å². The third kappa shape index (κ3) is 1.82. The maximum Gasteiger partial charge on any atom is 0.138 e. The predicted molar refractivity (Wildman–Crippen MR) is 57.5 cm³/mol. The minimum atomic E-state index is -0.0168. The number of hydrogen-bond donors (Lipinski definition) is 2. The van der Waals surface area contributed by atoms with E-state index < -0.39 is 0 Å². The fourth-order valence-electron chi connectivity index (χ4n) is 1.66. The van der Waals surface area contributed by atoms with Crippen LogP contribution in [0.2, 0.25) is 0 Å². The number of phenols is 1. The van der Waals surface area contributed by atoms with E-state index in [-0.39, 0.29) is 5.54 Å². The number of hydrogen-bond acceptors (Lipinski definition) is 3. The zero-order valence-electron chi connectivity index (χ0n) is 8.40. The fraction of sp³-hybridized carbons (Fsp3) is 0.455. The number of rotatable bonds is 3. The summed E-state index contributed by atoms with van der Waals surface area (Å²) in [4.78, 5) is 2.02. The Bertz CT molecular complexity index is 334. The molecule has 2 rings (SSSR count). The number of nitrogens with zero attached hydrogens (tertiary/aromatic N) is 1. The van der Waals surface area contributed by atoms with Crippen molar-refractivity contribution in [3.05, 3.63) is 24.3 Å². The molecule has 0 bridgehead atoms. The van der Waals surface area contributed by atoms with Gasteiger partial charge in [-0.15, -0.1) is 0 Å². The van der Waals surface area contributed by atoms with Crippen LogP contribution in [-0.2, 0) is 0 Å². The largest absolute Gasteiger partial charge is 0.506 e. The maximum atomic E-state index is 9.62. The summed E-state index contributed by atoms with van der Waals surface area (Å²) in [7, 11) is 1.96. The summed E-state index contributed by atoms with van der Waals surface area (Å²) in [5, 5.41) is 9.62. The van der Waals surface area contributed by atoms with E-state index in [1.165, 1.54) is 0 Å². The molecule has 0 radical (unpaired) electrons. The molecule has 1 saturated carbocycles. The lowest BCUT2D eigenvalue weighted by Crippen LogP contribution is -2.37. The van der Waals surface area contributed by atoms with Gasteiger partial charge in [-0.3, -0.25) is 0 Å². The zero-order chi connectivity index (χ0) is 10.2. The number of anilines is 1. The van der Waals surface area contributed by atoms with Crippen molar-refractivity contribution in [2.45, 2.75) is 18.4 Å². The molecule has 0 aromatic heterocycles. The summed E-state index contributed by atoms with van der Waals surface area (Å²) in [5.41, 5.74) is 6.85. The van der Waals surface area contributed by atoms with Gasteiger partial charge in [0, 0.05) is 19.1 Å². The number of para-hydroxylation sites is 2. The van der Waals surface area contributed by atoms with Crippen molar-refractivity contribution in [2.75, 3.05) is 18.5 Å². The van der Waals surface area contributed by atoms with Gasteiger partial charge in [-0.2, -0.15) is 0 Å². The van der Waals surface area contributed by atoms with Crippen LogP contribution in [0.25, 0.3) is 0 Å². The Balaban J connectivity index is 2.10. The van der Waals surface area contributed by atoms with Crippen molar-refractivity contribution in [1.82, 2.24) is 0 Å². The summed E-state index contributed by atoms with van der Waals surface area (Å²) in [6, 6.07) is 7.34. The first-order valence-electron chi connectivity index (χ1n) is 4.89. The standard InChI is InChI=1S/C11H16N2O/c1-13(8-11(12)6-7-11)9-4-2-3-5-10(9)14/h2-5,14H,6-8,12H2,1H3. The minimum absolute atomic E-state index is 0.0168. The zero-order valence-corrected chi connectivity index (χ0v) is 8.40. The van der Waals surface area contributed by atoms with Gasteiger partial charge in [0.1, 0.15) is 5.75 Å². The van der Waals surface area contributed by atoms with Crippen LogP contribution in [0.4, 0.5) is 5.69 Å². The summed E-state index contributed by atoms with van der Waals surface area (Å²) in [5.74, 6) is 0.319. The molecule has 0 unspecified atom stereocenters. The molecule has 3 N–H and O–H groups in total. The van der Waals surface area contributed by atoms with Crippen LogP contribution in [0.1, 0.15) is 12.8 Å². The SMILES string of the molecule is CN(CC1(N)CC1)c1ccccc1O. The molecule has 76 valence electrons. The second-order valence-electron chi connectivity index (χ2n) is 4.21. The van der Waals surface area contributed by atoms with Crippen LogP contribution in [-0.4, -0.2) is 24.2 Å². The molecule has 14 heavy (non-hydrogen) atoms. The normalized spacial score (nSPS) is 17.9. The van der Waals surface area contributed by atoms with Crippen LogP contribution in [0.5, 0.6) is 5.75 Å². The Morgan fingerprint density at radius 1 is 1.43 bits per heavy atom. The molecule has 1 aliphatic rings. The first-order chi connectivity index (χ1) is 6.61. The summed E-state index contributed by atoms with van der Waals surface area (Å²) < 4.78 is 0. The monoisotopic (exact) mass is 192 g/mol. The second kappa shape index (κ2) is 3.17. The van der Waals surface area contributed by atoms with Gasteiger partial charge in [0.15, 0.2) is 0 Å². The second-order valence-corrected chi connectivity index (χ2v) is 4.21. The molecule has 0 amide bonds. The fourth-order valence-corrected chi connectivity index (χ4v) is 1.66. The molecule has 1 aromatic rings. The summed E-state index contributed by atoms with van der Waals surface area (Å²) in [6.45, 7) is 0.810. The molecule has 0 heterocycles. The van der Waals surface area contributed by atoms with Crippen molar-refractivity contribution >= 4 is 5.69 Å². The lowest BCUT2D eigenvalue weighted by molar-refractivity contribution is 0.473. The molecule has 3 heteroatoms. The number of aromatic hydroxyl groups is 1. The van der Waals surface area contributed by atoms with E-state index in [0.717, 1.165) is 25.1 Å². The third-order valence-electron chi connectivity index (χ3n) is 2.74. The lowest BCUT2D eigenvalue weighted by Gasteiger charge is -2.23. The van der Waals surface area contributed by atoms with E-state index in [9.17, 15) is 5.11 Å². The molecule has 1 aliphatic carbocycles. The van der Waals surface area contributed by atoms with Gasteiger partial charge < -0.3 is 15.7 Å². The predicted octanol–water partition coefficient (Wildman–Crippen LogP) is 1.32. The molecule has 0 aliphatic heterocycles. The molecule has 1 fully saturated rings. The van der Waals surface area contributed by atoms with Crippen LogP contribution >= 0.6 is 0 Å². The smallest absolute Gasteiger partial charge is 0.138 e. The van der Waals surface area contributed by atoms with E-state index in [4.69, 9.17) is 5.73 Å². The average Bonchev–Trinajstić information content (AvgIpc) is 2.84. The van der Waals surface area contributed by atoms with Crippen LogP contribution in [0, 0.1) is 0 Å². The van der Waals surface area contributed by atoms with Crippen LogP contribution in [0.3, 0.4) is 0 Å². The molecule has 3 nitrogen and oxygen atoms in total. The van der Waals surface area contributed by atoms with E-state index >= 15 is 0 Å². The molecule has 0 atom stereocenters. The van der Waals surface area contributed by atoms with Gasteiger partial charge in [-0.25, -0.2) is 0 Å². The molecule has 1 aromatic carbocycles. The lowest BCUT2D eigenvalue weighted by atomic mass is 10.2. The van der Waals surface area contributed by atoms with Gasteiger partial charge in [0.25, 0.3) is 0 Å². The molecule has 0 saturated heterocycles. The highest BCUT2D eigenvalue weighted by molar-refractivity contribution is 5.57. The topological polar surface area (TPSA) is 49.5 Å². The first-order valence-corrected chi connectivity index (χ1v) is 4.89. The Morgan fingerprint density at radius 3 is 2.64 bits per heavy atom. The minimum Gasteiger partial charge on any atom is -0.506 e. The average molecular weight is 192 g/mol. The van der Waals surface area contributed by atoms with E-state index in [0.29, 0.717) is 5.75 Å². The number of likely N-dealkylation sites (N-methyl/N-ethyl adjacent to an activating group) is 1. The van der Waals surface area contributed by atoms with Crippen molar-refractivity contribution < 1.29 is 5.11 Å². The first kappa shape index (κ1) is 9.34. The van der Waals surface area contributed by atoms with E-state index in [1.54, 1.807) is 6.07 Å². The number of nitrogens with two attached hydrogens (primary N) is 1. The van der Waals surface area contributed by atoms with Crippen molar-refractivity contribution in [2.24, 2.45) is 5.73 Å². The maximum absolute atomic E-state index is 9.62. The van der Waals surface area contributed by atoms with E-state index in [2.05, 4.69) is 0 Å². The molecular formula is C11H16N2O. The molecular weight excluding hydrogens is 176 g/mol. The van der Waals surface area contributed by atoms with Gasteiger partial charge in [-0.05, 0) is 25.0 Å². The highest BCUT2D eigenvalue weighted by Crippen LogP contribution is 2.35. The Morgan fingerprint density at radius 2 is 2.07 bits per heavy atom. The highest BCUT2D eigenvalue weighted by Gasteiger charge is 2.39. The molecule has 0 spiro atoms. The van der Waals surface area contributed by atoms with Crippen molar-refractivity contribution in [3.63, 3.8) is 0 Å². The van der Waals surface area contributed by atoms with Crippen molar-refractivity contribution in [3.8, 4) is 5.75 Å². The quantitative estimate of drug-likeness (QED) is 0.759. The summed E-state index contributed by atoms with van der Waals surface area (Å²) in [6.07, 6.45) is 2.18. The van der Waals surface area contributed by atoms with Crippen LogP contribution in [0.15, 0.2) is 24.3 Å².